The third-order valence-electron chi connectivity index (χ3n) is 5.69. The van der Waals surface area contributed by atoms with Gasteiger partial charge in [0.05, 0.1) is 6.04 Å². The van der Waals surface area contributed by atoms with E-state index in [9.17, 15) is 24.3 Å². The Hall–Kier alpha value is -2.28. The summed E-state index contributed by atoms with van der Waals surface area (Å²) in [5.74, 6) is -1.51. The summed E-state index contributed by atoms with van der Waals surface area (Å²) in [7, 11) is 0. The molecule has 0 spiro atoms. The van der Waals surface area contributed by atoms with Gasteiger partial charge in [-0.15, -0.1) is 0 Å². The molecule has 0 heterocycles. The fourth-order valence-corrected chi connectivity index (χ4v) is 4.46. The number of benzene rings is 1. The molecule has 37 heavy (non-hydrogen) atoms. The number of carboxylic acid groups (broad SMARTS) is 1. The van der Waals surface area contributed by atoms with Gasteiger partial charge in [0.1, 0.15) is 18.1 Å². The summed E-state index contributed by atoms with van der Waals surface area (Å²) in [6.07, 6.45) is 6.45. The summed E-state index contributed by atoms with van der Waals surface area (Å²) in [4.78, 5) is 50.7. The fraction of sp³-hybridized carbons (Fsp3) is 0.600. The molecule has 4 atom stereocenters. The molecule has 0 aliphatic heterocycles. The molecule has 208 valence electrons. The van der Waals surface area contributed by atoms with Gasteiger partial charge in [-0.2, -0.15) is 23.5 Å². The van der Waals surface area contributed by atoms with E-state index in [0.717, 1.165) is 12.0 Å². The first-order valence-corrected chi connectivity index (χ1v) is 15.1. The number of carboxylic acids is 1. The molecule has 0 aliphatic carbocycles. The van der Waals surface area contributed by atoms with Gasteiger partial charge in [0.2, 0.25) is 17.7 Å². The van der Waals surface area contributed by atoms with Crippen molar-refractivity contribution in [2.75, 3.05) is 30.6 Å². The van der Waals surface area contributed by atoms with Gasteiger partial charge >= 0.3 is 5.97 Å². The number of amides is 3. The second-order valence-corrected chi connectivity index (χ2v) is 10.6. The Bertz CT molecular complexity index is 846. The van der Waals surface area contributed by atoms with Crippen molar-refractivity contribution < 1.29 is 24.3 Å². The largest absolute Gasteiger partial charge is 0.480 e. The van der Waals surface area contributed by atoms with Crippen molar-refractivity contribution in [2.24, 2.45) is 11.5 Å². The van der Waals surface area contributed by atoms with Gasteiger partial charge in [-0.25, -0.2) is 4.79 Å². The average Bonchev–Trinajstić information content (AvgIpc) is 2.88. The molecule has 3 amide bonds. The number of nitrogens with two attached hydrogens (primary N) is 2. The number of aliphatic carboxylic acids is 1. The summed E-state index contributed by atoms with van der Waals surface area (Å²) in [5, 5.41) is 17.7. The first-order chi connectivity index (χ1) is 17.7. The first-order valence-electron chi connectivity index (χ1n) is 12.3. The highest BCUT2D eigenvalue weighted by molar-refractivity contribution is 7.98. The number of unbranched alkanes of at least 4 members (excludes halogenated alkanes) is 1. The van der Waals surface area contributed by atoms with Crippen LogP contribution in [-0.4, -0.2) is 83.5 Å². The average molecular weight is 556 g/mol. The van der Waals surface area contributed by atoms with Crippen molar-refractivity contribution in [3.63, 3.8) is 0 Å². The van der Waals surface area contributed by atoms with Crippen LogP contribution < -0.4 is 27.4 Å². The van der Waals surface area contributed by atoms with E-state index in [1.165, 1.54) is 23.5 Å². The first kappa shape index (κ1) is 32.7. The highest BCUT2D eigenvalue weighted by atomic mass is 32.2. The maximum absolute atomic E-state index is 13.2. The standard InChI is InChI=1S/C25H41N5O5S2/c1-36-14-11-19(28-22(31)18(27)10-6-7-13-26)23(32)29-20(12-15-37-2)24(33)30-21(25(34)35)16-17-8-4-3-5-9-17/h3-5,8-9,18-21H,6-7,10-16,26-27H2,1-2H3,(H,28,31)(H,29,32)(H,30,33)(H,34,35). The van der Waals surface area contributed by atoms with Crippen molar-refractivity contribution in [2.45, 2.75) is 62.7 Å². The minimum atomic E-state index is -1.17. The highest BCUT2D eigenvalue weighted by Gasteiger charge is 2.30. The highest BCUT2D eigenvalue weighted by Crippen LogP contribution is 2.08. The summed E-state index contributed by atoms with van der Waals surface area (Å²) in [5.41, 5.74) is 12.2. The van der Waals surface area contributed by atoms with Gasteiger partial charge < -0.3 is 32.5 Å². The van der Waals surface area contributed by atoms with Crippen LogP contribution in [0.25, 0.3) is 0 Å². The van der Waals surface area contributed by atoms with Gasteiger partial charge in [0, 0.05) is 6.42 Å². The van der Waals surface area contributed by atoms with Crippen LogP contribution in [0.15, 0.2) is 30.3 Å². The van der Waals surface area contributed by atoms with Crippen molar-refractivity contribution >= 4 is 47.2 Å². The van der Waals surface area contributed by atoms with E-state index < -0.39 is 47.9 Å². The third kappa shape index (κ3) is 13.2. The molecule has 8 N–H and O–H groups in total. The zero-order valence-corrected chi connectivity index (χ0v) is 23.2. The normalized spacial score (nSPS) is 14.2. The second kappa shape index (κ2) is 18.9. The Morgan fingerprint density at radius 1 is 0.811 bits per heavy atom. The van der Waals surface area contributed by atoms with E-state index in [2.05, 4.69) is 16.0 Å². The van der Waals surface area contributed by atoms with Gasteiger partial charge in [0.15, 0.2) is 0 Å². The number of carbonyl (C=O) groups excluding carboxylic acids is 3. The van der Waals surface area contributed by atoms with E-state index in [1.807, 2.05) is 18.6 Å². The third-order valence-corrected chi connectivity index (χ3v) is 6.98. The van der Waals surface area contributed by atoms with Crippen molar-refractivity contribution in [3.8, 4) is 0 Å². The molecule has 1 aromatic rings. The number of nitrogens with one attached hydrogen (secondary N) is 3. The summed E-state index contributed by atoms with van der Waals surface area (Å²) in [6.45, 7) is 0.515. The molecule has 4 unspecified atom stereocenters. The minimum Gasteiger partial charge on any atom is -0.480 e. The molecule has 12 heteroatoms. The number of rotatable bonds is 19. The van der Waals surface area contributed by atoms with Gasteiger partial charge in [0.25, 0.3) is 0 Å². The molecule has 10 nitrogen and oxygen atoms in total. The van der Waals surface area contributed by atoms with Crippen LogP contribution in [0.1, 0.15) is 37.7 Å². The van der Waals surface area contributed by atoms with Crippen LogP contribution in [0.2, 0.25) is 0 Å². The lowest BCUT2D eigenvalue weighted by atomic mass is 10.0. The van der Waals surface area contributed by atoms with Crippen LogP contribution in [0.5, 0.6) is 0 Å². The fourth-order valence-electron chi connectivity index (χ4n) is 3.52. The summed E-state index contributed by atoms with van der Waals surface area (Å²) < 4.78 is 0. The van der Waals surface area contributed by atoms with Crippen LogP contribution in [-0.2, 0) is 25.6 Å². The maximum atomic E-state index is 13.2. The Morgan fingerprint density at radius 3 is 1.81 bits per heavy atom. The smallest absolute Gasteiger partial charge is 0.326 e. The quantitative estimate of drug-likeness (QED) is 0.134. The maximum Gasteiger partial charge on any atom is 0.326 e. The molecular formula is C25H41N5O5S2. The van der Waals surface area contributed by atoms with E-state index in [-0.39, 0.29) is 6.42 Å². The predicted octanol–water partition coefficient (Wildman–Crippen LogP) is 0.731. The lowest BCUT2D eigenvalue weighted by Gasteiger charge is -2.25. The van der Waals surface area contributed by atoms with E-state index in [4.69, 9.17) is 11.5 Å². The molecule has 0 aliphatic rings. The zero-order valence-electron chi connectivity index (χ0n) is 21.6. The van der Waals surface area contributed by atoms with Crippen LogP contribution in [0, 0.1) is 0 Å². The topological polar surface area (TPSA) is 177 Å². The number of thioether (sulfide) groups is 2. The van der Waals surface area contributed by atoms with E-state index in [1.54, 1.807) is 24.3 Å². The predicted molar refractivity (Wildman–Crippen MR) is 150 cm³/mol. The molecule has 1 aromatic carbocycles. The van der Waals surface area contributed by atoms with Crippen LogP contribution in [0.4, 0.5) is 0 Å². The minimum absolute atomic E-state index is 0.111. The number of hydrogen-bond acceptors (Lipinski definition) is 8. The molecule has 1 rings (SSSR count). The lowest BCUT2D eigenvalue weighted by Crippen LogP contribution is -2.57. The SMILES string of the molecule is CSCCC(NC(=O)C(N)CCCCN)C(=O)NC(CCSC)C(=O)NC(Cc1ccccc1)C(=O)O. The summed E-state index contributed by atoms with van der Waals surface area (Å²) >= 11 is 3.03. The Kier molecular flexibility index (Phi) is 16.7. The monoisotopic (exact) mass is 555 g/mol. The Labute approximate surface area is 227 Å². The van der Waals surface area contributed by atoms with E-state index in [0.29, 0.717) is 43.7 Å². The van der Waals surface area contributed by atoms with Gasteiger partial charge in [-0.05, 0) is 61.8 Å². The molecule has 0 fully saturated rings. The zero-order chi connectivity index (χ0) is 27.6. The molecule has 0 saturated heterocycles. The van der Waals surface area contributed by atoms with Gasteiger partial charge in [-0.1, -0.05) is 36.8 Å². The molecular weight excluding hydrogens is 514 g/mol. The summed E-state index contributed by atoms with van der Waals surface area (Å²) in [6, 6.07) is 5.25. The lowest BCUT2D eigenvalue weighted by molar-refractivity contribution is -0.142. The Morgan fingerprint density at radius 2 is 1.32 bits per heavy atom. The van der Waals surface area contributed by atoms with E-state index >= 15 is 0 Å². The molecule has 0 radical (unpaired) electrons. The number of carbonyl (C=O) groups is 4. The van der Waals surface area contributed by atoms with Crippen molar-refractivity contribution in [3.05, 3.63) is 35.9 Å². The van der Waals surface area contributed by atoms with Crippen LogP contribution >= 0.6 is 23.5 Å². The molecule has 0 bridgehead atoms. The molecule has 0 aromatic heterocycles. The Balaban J connectivity index is 2.91. The van der Waals surface area contributed by atoms with Crippen molar-refractivity contribution in [1.82, 2.24) is 16.0 Å². The van der Waals surface area contributed by atoms with Gasteiger partial charge in [-0.3, -0.25) is 14.4 Å². The van der Waals surface area contributed by atoms with Crippen molar-refractivity contribution in [1.29, 1.82) is 0 Å². The second-order valence-electron chi connectivity index (χ2n) is 8.67. The number of hydrogen-bond donors (Lipinski definition) is 6. The molecule has 0 saturated carbocycles. The van der Waals surface area contributed by atoms with Crippen LogP contribution in [0.3, 0.4) is 0 Å².